The van der Waals surface area contributed by atoms with E-state index in [2.05, 4.69) is 21.6 Å². The van der Waals surface area contributed by atoms with Crippen molar-refractivity contribution in [2.45, 2.75) is 24.4 Å². The van der Waals surface area contributed by atoms with E-state index >= 15 is 0 Å². The van der Waals surface area contributed by atoms with E-state index in [-0.39, 0.29) is 24.2 Å². The predicted octanol–water partition coefficient (Wildman–Crippen LogP) is 2.70. The number of esters is 1. The summed E-state index contributed by atoms with van der Waals surface area (Å²) in [6, 6.07) is 18.0. The van der Waals surface area contributed by atoms with Crippen LogP contribution in [0.15, 0.2) is 54.6 Å². The van der Waals surface area contributed by atoms with E-state index in [1.165, 1.54) is 12.7 Å². The van der Waals surface area contributed by atoms with E-state index < -0.39 is 5.54 Å². The predicted molar refractivity (Wildman–Crippen MR) is 119 cm³/mol. The molecule has 5 rings (SSSR count). The maximum absolute atomic E-state index is 13.7. The monoisotopic (exact) mass is 417 g/mol. The second kappa shape index (κ2) is 7.24. The Kier molecular flexibility index (Phi) is 4.63. The third-order valence-electron chi connectivity index (χ3n) is 7.03. The molecule has 0 bridgehead atoms. The SMILES string of the molecule is COC(=O)[C@]12CN(C)C[C@H]1c1c(n(C)c3ccccc13)CN2C(=O)Cc1ccccc1. The molecule has 31 heavy (non-hydrogen) atoms. The molecule has 0 saturated carbocycles. The number of likely N-dealkylation sites (N-methyl/N-ethyl adjacent to an activating group) is 1. The Labute approximate surface area is 182 Å². The Balaban J connectivity index is 1.69. The van der Waals surface area contributed by atoms with Crippen LogP contribution in [-0.4, -0.2) is 59.0 Å². The Morgan fingerprint density at radius 1 is 1.06 bits per heavy atom. The summed E-state index contributed by atoms with van der Waals surface area (Å²) in [5.74, 6) is -0.519. The fraction of sp³-hybridized carbons (Fsp3) is 0.360. The number of methoxy groups -OCH3 is 1. The van der Waals surface area contributed by atoms with Crippen LogP contribution in [0.3, 0.4) is 0 Å². The summed E-state index contributed by atoms with van der Waals surface area (Å²) in [5.41, 5.74) is 3.32. The highest BCUT2D eigenvalue weighted by molar-refractivity contribution is 5.95. The third kappa shape index (κ3) is 2.82. The number of para-hydroxylation sites is 1. The molecule has 3 heterocycles. The molecule has 1 saturated heterocycles. The molecular formula is C25H27N3O3. The number of rotatable bonds is 3. The number of ether oxygens (including phenoxy) is 1. The van der Waals surface area contributed by atoms with Gasteiger partial charge in [-0.05, 0) is 24.2 Å². The van der Waals surface area contributed by atoms with Crippen LogP contribution in [0, 0.1) is 0 Å². The average Bonchev–Trinajstić information content (AvgIpc) is 3.28. The van der Waals surface area contributed by atoms with E-state index in [1.807, 2.05) is 56.6 Å². The third-order valence-corrected chi connectivity index (χ3v) is 7.03. The molecule has 1 amide bonds. The van der Waals surface area contributed by atoms with Crippen LogP contribution in [0.2, 0.25) is 0 Å². The molecule has 0 aliphatic carbocycles. The number of carbonyl (C=O) groups excluding carboxylic acids is 2. The number of amides is 1. The number of benzene rings is 2. The lowest BCUT2D eigenvalue weighted by Crippen LogP contribution is -2.63. The van der Waals surface area contributed by atoms with E-state index in [0.29, 0.717) is 19.6 Å². The quantitative estimate of drug-likeness (QED) is 0.615. The summed E-state index contributed by atoms with van der Waals surface area (Å²) in [7, 11) is 5.48. The number of hydrogen-bond donors (Lipinski definition) is 0. The Hall–Kier alpha value is -3.12. The number of hydrogen-bond acceptors (Lipinski definition) is 4. The zero-order valence-electron chi connectivity index (χ0n) is 18.2. The van der Waals surface area contributed by atoms with Gasteiger partial charge in [-0.2, -0.15) is 0 Å². The summed E-state index contributed by atoms with van der Waals surface area (Å²) in [4.78, 5) is 31.0. The molecule has 2 aromatic carbocycles. The molecule has 0 N–H and O–H groups in total. The summed E-state index contributed by atoms with van der Waals surface area (Å²) in [6.45, 7) is 1.56. The summed E-state index contributed by atoms with van der Waals surface area (Å²) < 4.78 is 7.51. The van der Waals surface area contributed by atoms with E-state index in [0.717, 1.165) is 22.2 Å². The summed E-state index contributed by atoms with van der Waals surface area (Å²) in [5, 5.41) is 1.16. The van der Waals surface area contributed by atoms with Crippen LogP contribution in [0.4, 0.5) is 0 Å². The van der Waals surface area contributed by atoms with Gasteiger partial charge in [0.1, 0.15) is 0 Å². The molecule has 160 valence electrons. The van der Waals surface area contributed by atoms with E-state index in [1.54, 1.807) is 4.90 Å². The number of aryl methyl sites for hydroxylation is 1. The van der Waals surface area contributed by atoms with Crippen molar-refractivity contribution in [3.05, 3.63) is 71.4 Å². The highest BCUT2D eigenvalue weighted by Gasteiger charge is 2.61. The maximum atomic E-state index is 13.7. The normalized spacial score (nSPS) is 22.9. The maximum Gasteiger partial charge on any atom is 0.333 e. The topological polar surface area (TPSA) is 54.8 Å². The summed E-state index contributed by atoms with van der Waals surface area (Å²) >= 11 is 0. The largest absolute Gasteiger partial charge is 0.467 e. The summed E-state index contributed by atoms with van der Waals surface area (Å²) in [6.07, 6.45) is 0.259. The molecule has 2 aliphatic heterocycles. The van der Waals surface area contributed by atoms with E-state index in [4.69, 9.17) is 4.74 Å². The van der Waals surface area contributed by atoms with Crippen molar-refractivity contribution < 1.29 is 14.3 Å². The molecule has 1 aromatic heterocycles. The molecule has 0 radical (unpaired) electrons. The zero-order valence-corrected chi connectivity index (χ0v) is 18.2. The number of likely N-dealkylation sites (tertiary alicyclic amines) is 1. The lowest BCUT2D eigenvalue weighted by atomic mass is 9.75. The van der Waals surface area contributed by atoms with Crippen LogP contribution >= 0.6 is 0 Å². The van der Waals surface area contributed by atoms with Crippen LogP contribution in [0.5, 0.6) is 0 Å². The van der Waals surface area contributed by atoms with Crippen LogP contribution in [-0.2, 0) is 34.3 Å². The minimum Gasteiger partial charge on any atom is -0.467 e. The molecule has 0 spiro atoms. The van der Waals surface area contributed by atoms with Crippen LogP contribution < -0.4 is 0 Å². The standard InChI is InChI=1S/C25H27N3O3/c1-26-14-19-23-18-11-7-8-12-20(18)27(2)21(23)15-28(25(19,16-26)24(30)31-3)22(29)13-17-9-5-4-6-10-17/h4-12,19H,13-16H2,1-3H3/t19-,25-/m0/s1. The van der Waals surface area contributed by atoms with Gasteiger partial charge in [-0.25, -0.2) is 4.79 Å². The Morgan fingerprint density at radius 3 is 2.52 bits per heavy atom. The first kappa shape index (κ1) is 19.8. The van der Waals surface area contributed by atoms with E-state index in [9.17, 15) is 9.59 Å². The molecule has 6 heteroatoms. The fourth-order valence-corrected chi connectivity index (χ4v) is 5.67. The number of nitrogens with zero attached hydrogens (tertiary/aromatic N) is 3. The van der Waals surface area contributed by atoms with Crippen molar-refractivity contribution in [2.24, 2.45) is 7.05 Å². The second-order valence-corrected chi connectivity index (χ2v) is 8.74. The first-order valence-electron chi connectivity index (χ1n) is 10.6. The highest BCUT2D eigenvalue weighted by atomic mass is 16.5. The fourth-order valence-electron chi connectivity index (χ4n) is 5.67. The van der Waals surface area contributed by atoms with Crippen molar-refractivity contribution in [3.63, 3.8) is 0 Å². The van der Waals surface area contributed by atoms with Gasteiger partial charge in [0, 0.05) is 42.7 Å². The number of aromatic nitrogens is 1. The Bertz CT molecular complexity index is 1170. The minimum atomic E-state index is -1.02. The minimum absolute atomic E-state index is 0.0483. The second-order valence-electron chi connectivity index (χ2n) is 8.74. The van der Waals surface area contributed by atoms with Crippen molar-refractivity contribution in [2.75, 3.05) is 27.2 Å². The van der Waals surface area contributed by atoms with Gasteiger partial charge in [0.2, 0.25) is 5.91 Å². The molecule has 0 unspecified atom stereocenters. The van der Waals surface area contributed by atoms with Gasteiger partial charge >= 0.3 is 5.97 Å². The van der Waals surface area contributed by atoms with Gasteiger partial charge in [-0.3, -0.25) is 4.79 Å². The molecular weight excluding hydrogens is 390 g/mol. The van der Waals surface area contributed by atoms with Crippen LogP contribution in [0.25, 0.3) is 10.9 Å². The van der Waals surface area contributed by atoms with Gasteiger partial charge in [-0.15, -0.1) is 0 Å². The van der Waals surface area contributed by atoms with Gasteiger partial charge in [-0.1, -0.05) is 48.5 Å². The van der Waals surface area contributed by atoms with Crippen LogP contribution in [0.1, 0.15) is 22.7 Å². The first-order valence-corrected chi connectivity index (χ1v) is 10.6. The molecule has 1 fully saturated rings. The molecule has 3 aromatic rings. The van der Waals surface area contributed by atoms with Gasteiger partial charge in [0.25, 0.3) is 0 Å². The molecule has 6 nitrogen and oxygen atoms in total. The first-order chi connectivity index (χ1) is 15.0. The highest BCUT2D eigenvalue weighted by Crippen LogP contribution is 2.49. The van der Waals surface area contributed by atoms with Crippen molar-refractivity contribution in [1.82, 2.24) is 14.4 Å². The van der Waals surface area contributed by atoms with Crippen molar-refractivity contribution in [3.8, 4) is 0 Å². The lowest BCUT2D eigenvalue weighted by molar-refractivity contribution is -0.164. The number of carbonyl (C=O) groups is 2. The van der Waals surface area contributed by atoms with Gasteiger partial charge in [0.05, 0.1) is 20.1 Å². The van der Waals surface area contributed by atoms with Gasteiger partial charge < -0.3 is 19.1 Å². The zero-order chi connectivity index (χ0) is 21.8. The smallest absolute Gasteiger partial charge is 0.333 e. The van der Waals surface area contributed by atoms with Crippen molar-refractivity contribution >= 4 is 22.8 Å². The molecule has 2 aliphatic rings. The number of fused-ring (bicyclic) bond motifs is 5. The molecule has 2 atom stereocenters. The lowest BCUT2D eigenvalue weighted by Gasteiger charge is -2.46. The van der Waals surface area contributed by atoms with Gasteiger partial charge in [0.15, 0.2) is 5.54 Å². The van der Waals surface area contributed by atoms with Crippen molar-refractivity contribution in [1.29, 1.82) is 0 Å². The Morgan fingerprint density at radius 2 is 1.77 bits per heavy atom. The average molecular weight is 418 g/mol.